The van der Waals surface area contributed by atoms with Gasteiger partial charge in [-0.2, -0.15) is 0 Å². The van der Waals surface area contributed by atoms with Gasteiger partial charge in [-0.25, -0.2) is 0 Å². The van der Waals surface area contributed by atoms with E-state index in [2.05, 4.69) is 10.3 Å². The number of H-pyrrole nitrogens is 1. The van der Waals surface area contributed by atoms with Crippen molar-refractivity contribution in [3.05, 3.63) is 70.1 Å². The highest BCUT2D eigenvalue weighted by Crippen LogP contribution is 2.12. The Labute approximate surface area is 109 Å². The molecule has 0 aliphatic carbocycles. The lowest BCUT2D eigenvalue weighted by molar-refractivity contribution is 0.0911. The number of amides is 1. The van der Waals surface area contributed by atoms with Gasteiger partial charge in [-0.1, -0.05) is 36.4 Å². The summed E-state index contributed by atoms with van der Waals surface area (Å²) in [4.78, 5) is 25.5. The number of pyridine rings is 1. The first kappa shape index (κ1) is 13.0. The Hall–Kier alpha value is -2.40. The molecule has 0 aliphatic heterocycles. The lowest BCUT2D eigenvalue weighted by Gasteiger charge is -2.16. The summed E-state index contributed by atoms with van der Waals surface area (Å²) in [6.45, 7) is -0.215. The predicted octanol–water partition coefficient (Wildman–Crippen LogP) is 0.838. The summed E-state index contributed by atoms with van der Waals surface area (Å²) in [6, 6.07) is 13.0. The average molecular weight is 258 g/mol. The fourth-order valence-corrected chi connectivity index (χ4v) is 1.74. The molecule has 2 aromatic rings. The molecule has 1 atom stereocenters. The third kappa shape index (κ3) is 3.29. The maximum atomic E-state index is 11.9. The lowest BCUT2D eigenvalue weighted by atomic mass is 10.1. The summed E-state index contributed by atoms with van der Waals surface area (Å²) in [5.41, 5.74) is 0.631. The molecule has 1 aromatic heterocycles. The van der Waals surface area contributed by atoms with E-state index in [-0.39, 0.29) is 17.9 Å². The van der Waals surface area contributed by atoms with Crippen LogP contribution in [0.15, 0.2) is 53.3 Å². The van der Waals surface area contributed by atoms with Gasteiger partial charge >= 0.3 is 0 Å². The van der Waals surface area contributed by atoms with Crippen LogP contribution in [0.3, 0.4) is 0 Å². The van der Waals surface area contributed by atoms with Crippen molar-refractivity contribution in [3.8, 4) is 0 Å². The Morgan fingerprint density at radius 1 is 1.16 bits per heavy atom. The van der Waals surface area contributed by atoms with Crippen LogP contribution in [0.5, 0.6) is 0 Å². The number of hydrogen-bond acceptors (Lipinski definition) is 3. The Kier molecular flexibility index (Phi) is 4.10. The van der Waals surface area contributed by atoms with Crippen LogP contribution >= 0.6 is 0 Å². The third-order valence-electron chi connectivity index (χ3n) is 2.70. The van der Waals surface area contributed by atoms with E-state index in [0.717, 1.165) is 5.56 Å². The van der Waals surface area contributed by atoms with Gasteiger partial charge in [0.2, 0.25) is 5.56 Å². The second-order valence-corrected chi connectivity index (χ2v) is 4.05. The molecule has 0 aliphatic rings. The van der Waals surface area contributed by atoms with E-state index in [0.29, 0.717) is 0 Å². The van der Waals surface area contributed by atoms with Gasteiger partial charge in [0, 0.05) is 6.07 Å². The molecule has 1 aromatic carbocycles. The van der Waals surface area contributed by atoms with Crippen molar-refractivity contribution >= 4 is 5.91 Å². The highest BCUT2D eigenvalue weighted by Gasteiger charge is 2.14. The summed E-state index contributed by atoms with van der Waals surface area (Å²) < 4.78 is 0. The van der Waals surface area contributed by atoms with Crippen LogP contribution in [0.1, 0.15) is 22.1 Å². The van der Waals surface area contributed by atoms with Gasteiger partial charge in [-0.15, -0.1) is 0 Å². The molecule has 0 radical (unpaired) electrons. The number of benzene rings is 1. The normalized spacial score (nSPS) is 11.8. The quantitative estimate of drug-likeness (QED) is 0.760. The number of aliphatic hydroxyl groups excluding tert-OH is 1. The topological polar surface area (TPSA) is 82.2 Å². The van der Waals surface area contributed by atoms with Crippen molar-refractivity contribution in [1.82, 2.24) is 10.3 Å². The Morgan fingerprint density at radius 2 is 1.89 bits per heavy atom. The molecular weight excluding hydrogens is 244 g/mol. The maximum Gasteiger partial charge on any atom is 0.268 e. The van der Waals surface area contributed by atoms with E-state index < -0.39 is 11.9 Å². The highest BCUT2D eigenvalue weighted by molar-refractivity contribution is 5.92. The average Bonchev–Trinajstić information content (AvgIpc) is 2.45. The minimum atomic E-state index is -0.502. The third-order valence-corrected chi connectivity index (χ3v) is 2.70. The molecule has 0 saturated carbocycles. The second kappa shape index (κ2) is 5.97. The molecule has 19 heavy (non-hydrogen) atoms. The van der Waals surface area contributed by atoms with Crippen molar-refractivity contribution in [2.75, 3.05) is 6.61 Å². The molecule has 1 unspecified atom stereocenters. The Bertz CT molecular complexity index is 607. The number of aliphatic hydroxyl groups is 1. The molecule has 2 rings (SSSR count). The molecule has 3 N–H and O–H groups in total. The molecule has 5 nitrogen and oxygen atoms in total. The fourth-order valence-electron chi connectivity index (χ4n) is 1.74. The summed E-state index contributed by atoms with van der Waals surface area (Å²) in [5.74, 6) is -0.430. The first-order valence-corrected chi connectivity index (χ1v) is 5.86. The fraction of sp³-hybridized carbons (Fsp3) is 0.143. The van der Waals surface area contributed by atoms with E-state index in [1.807, 2.05) is 30.3 Å². The van der Waals surface area contributed by atoms with Gasteiger partial charge in [0.25, 0.3) is 5.91 Å². The van der Waals surface area contributed by atoms with Crippen LogP contribution in [-0.2, 0) is 0 Å². The van der Waals surface area contributed by atoms with Crippen LogP contribution in [0.4, 0.5) is 0 Å². The number of aromatic nitrogens is 1. The Balaban J connectivity index is 2.15. The van der Waals surface area contributed by atoms with Crippen LogP contribution < -0.4 is 10.9 Å². The summed E-state index contributed by atoms with van der Waals surface area (Å²) in [5, 5.41) is 12.0. The van der Waals surface area contributed by atoms with Gasteiger partial charge in [-0.3, -0.25) is 9.59 Å². The Morgan fingerprint density at radius 3 is 2.53 bits per heavy atom. The van der Waals surface area contributed by atoms with Crippen molar-refractivity contribution in [2.24, 2.45) is 0 Å². The number of aromatic amines is 1. The molecule has 0 bridgehead atoms. The monoisotopic (exact) mass is 258 g/mol. The number of rotatable bonds is 4. The first-order valence-electron chi connectivity index (χ1n) is 5.86. The van der Waals surface area contributed by atoms with Crippen molar-refractivity contribution in [3.63, 3.8) is 0 Å². The minimum Gasteiger partial charge on any atom is -0.394 e. The molecule has 0 fully saturated rings. The van der Waals surface area contributed by atoms with E-state index in [1.54, 1.807) is 0 Å². The second-order valence-electron chi connectivity index (χ2n) is 4.05. The SMILES string of the molecule is O=C(NC(CO)c1ccccc1)c1cccc(=O)[nH]1. The molecule has 1 heterocycles. The first-order chi connectivity index (χ1) is 9.20. The van der Waals surface area contributed by atoms with Gasteiger partial charge in [0.1, 0.15) is 5.69 Å². The van der Waals surface area contributed by atoms with Crippen LogP contribution in [0.25, 0.3) is 0 Å². The van der Waals surface area contributed by atoms with Gasteiger partial charge in [-0.05, 0) is 11.6 Å². The summed E-state index contributed by atoms with van der Waals surface area (Å²) >= 11 is 0. The zero-order chi connectivity index (χ0) is 13.7. The molecular formula is C14H14N2O3. The number of nitrogens with one attached hydrogen (secondary N) is 2. The van der Waals surface area contributed by atoms with Crippen LogP contribution in [0.2, 0.25) is 0 Å². The van der Waals surface area contributed by atoms with Crippen LogP contribution in [0, 0.1) is 0 Å². The lowest BCUT2D eigenvalue weighted by Crippen LogP contribution is -2.32. The van der Waals surface area contributed by atoms with E-state index in [4.69, 9.17) is 0 Å². The number of carbonyl (C=O) groups is 1. The van der Waals surface area contributed by atoms with E-state index in [1.165, 1.54) is 18.2 Å². The van der Waals surface area contributed by atoms with Gasteiger partial charge < -0.3 is 15.4 Å². The predicted molar refractivity (Wildman–Crippen MR) is 70.8 cm³/mol. The van der Waals surface area contributed by atoms with Crippen LogP contribution in [-0.4, -0.2) is 22.6 Å². The van der Waals surface area contributed by atoms with Crippen molar-refractivity contribution in [2.45, 2.75) is 6.04 Å². The van der Waals surface area contributed by atoms with E-state index in [9.17, 15) is 14.7 Å². The largest absolute Gasteiger partial charge is 0.394 e. The summed E-state index contributed by atoms with van der Waals surface area (Å²) in [7, 11) is 0. The van der Waals surface area contributed by atoms with Crippen molar-refractivity contribution in [1.29, 1.82) is 0 Å². The standard InChI is InChI=1S/C14H14N2O3/c17-9-12(10-5-2-1-3-6-10)16-14(19)11-7-4-8-13(18)15-11/h1-8,12,17H,9H2,(H,15,18)(H,16,19). The highest BCUT2D eigenvalue weighted by atomic mass is 16.3. The molecule has 0 spiro atoms. The summed E-state index contributed by atoms with van der Waals surface area (Å²) in [6.07, 6.45) is 0. The van der Waals surface area contributed by atoms with Gasteiger partial charge in [0.05, 0.1) is 12.6 Å². The number of hydrogen-bond donors (Lipinski definition) is 3. The smallest absolute Gasteiger partial charge is 0.268 e. The number of carbonyl (C=O) groups excluding carboxylic acids is 1. The molecule has 1 amide bonds. The zero-order valence-corrected chi connectivity index (χ0v) is 10.2. The maximum absolute atomic E-state index is 11.9. The van der Waals surface area contributed by atoms with E-state index >= 15 is 0 Å². The molecule has 0 saturated heterocycles. The molecule has 5 heteroatoms. The van der Waals surface area contributed by atoms with Gasteiger partial charge in [0.15, 0.2) is 0 Å². The molecule has 98 valence electrons. The minimum absolute atomic E-state index is 0.168. The zero-order valence-electron chi connectivity index (χ0n) is 10.2. The van der Waals surface area contributed by atoms with Crippen molar-refractivity contribution < 1.29 is 9.90 Å².